The van der Waals surface area contributed by atoms with E-state index < -0.39 is 5.97 Å². The average molecular weight is 311 g/mol. The van der Waals surface area contributed by atoms with Crippen molar-refractivity contribution in [1.29, 1.82) is 5.41 Å². The number of carboxylic acid groups (broad SMARTS) is 1. The molecule has 1 amide bonds. The number of amidine groups is 1. The Morgan fingerprint density at radius 1 is 1.26 bits per heavy atom. The summed E-state index contributed by atoms with van der Waals surface area (Å²) >= 11 is 0. The third-order valence-corrected chi connectivity index (χ3v) is 3.45. The number of aliphatic carboxylic acids is 1. The topological polar surface area (TPSA) is 116 Å². The van der Waals surface area contributed by atoms with Gasteiger partial charge in [0.1, 0.15) is 5.84 Å². The Morgan fingerprint density at radius 3 is 2.65 bits per heavy atom. The monoisotopic (exact) mass is 311 g/mol. The number of nitrogen functional groups attached to an aromatic ring is 1. The molecule has 0 fully saturated rings. The van der Waals surface area contributed by atoms with Crippen molar-refractivity contribution in [3.05, 3.63) is 53.6 Å². The van der Waals surface area contributed by atoms with Gasteiger partial charge < -0.3 is 16.2 Å². The van der Waals surface area contributed by atoms with Gasteiger partial charge in [0.15, 0.2) is 0 Å². The van der Waals surface area contributed by atoms with E-state index in [0.29, 0.717) is 24.1 Å². The number of para-hydroxylation sites is 1. The molecule has 118 valence electrons. The number of rotatable bonds is 7. The number of amides is 1. The molecule has 5 N–H and O–H groups in total. The fourth-order valence-electron chi connectivity index (χ4n) is 2.37. The molecule has 0 saturated carbocycles. The summed E-state index contributed by atoms with van der Waals surface area (Å²) in [5.41, 5.74) is 8.95. The van der Waals surface area contributed by atoms with Crippen molar-refractivity contribution in [2.24, 2.45) is 5.73 Å². The molecule has 0 bridgehead atoms. The quantitative estimate of drug-likeness (QED) is 0.356. The van der Waals surface area contributed by atoms with Crippen molar-refractivity contribution < 1.29 is 14.7 Å². The lowest BCUT2D eigenvalue weighted by atomic mass is 9.96. The SMILES string of the molecule is N=C(N)c1cccc(-c2cccc(CCC(=O)O)c2NC=O)c1. The van der Waals surface area contributed by atoms with E-state index in [1.807, 2.05) is 18.2 Å². The Bertz CT molecular complexity index is 756. The van der Waals surface area contributed by atoms with Crippen LogP contribution >= 0.6 is 0 Å². The first kappa shape index (κ1) is 16.2. The minimum atomic E-state index is -0.897. The Hall–Kier alpha value is -3.15. The fourth-order valence-corrected chi connectivity index (χ4v) is 2.37. The number of nitrogens with one attached hydrogen (secondary N) is 2. The normalized spacial score (nSPS) is 10.1. The lowest BCUT2D eigenvalue weighted by molar-refractivity contribution is -0.136. The van der Waals surface area contributed by atoms with E-state index in [1.54, 1.807) is 24.3 Å². The molecule has 23 heavy (non-hydrogen) atoms. The molecule has 0 radical (unpaired) electrons. The zero-order chi connectivity index (χ0) is 16.8. The summed E-state index contributed by atoms with van der Waals surface area (Å²) in [4.78, 5) is 21.7. The summed E-state index contributed by atoms with van der Waals surface area (Å²) in [5.74, 6) is -0.940. The molecule has 6 nitrogen and oxygen atoms in total. The number of anilines is 1. The van der Waals surface area contributed by atoms with Gasteiger partial charge in [-0.3, -0.25) is 15.0 Å². The number of nitrogens with two attached hydrogens (primary N) is 1. The molecule has 0 unspecified atom stereocenters. The lowest BCUT2D eigenvalue weighted by Crippen LogP contribution is -2.11. The van der Waals surface area contributed by atoms with Crippen LogP contribution in [0.3, 0.4) is 0 Å². The molecule has 0 aliphatic rings. The van der Waals surface area contributed by atoms with E-state index in [4.69, 9.17) is 16.2 Å². The smallest absolute Gasteiger partial charge is 0.303 e. The number of carbonyl (C=O) groups excluding carboxylic acids is 1. The highest BCUT2D eigenvalue weighted by atomic mass is 16.4. The summed E-state index contributed by atoms with van der Waals surface area (Å²) in [7, 11) is 0. The van der Waals surface area contributed by atoms with Crippen LogP contribution in [0.5, 0.6) is 0 Å². The van der Waals surface area contributed by atoms with Gasteiger partial charge in [-0.2, -0.15) is 0 Å². The largest absolute Gasteiger partial charge is 0.481 e. The van der Waals surface area contributed by atoms with Gasteiger partial charge in [0, 0.05) is 17.5 Å². The van der Waals surface area contributed by atoms with Gasteiger partial charge in [0.05, 0.1) is 5.69 Å². The second-order valence-corrected chi connectivity index (χ2v) is 4.99. The van der Waals surface area contributed by atoms with Crippen molar-refractivity contribution in [2.45, 2.75) is 12.8 Å². The van der Waals surface area contributed by atoms with Gasteiger partial charge in [-0.25, -0.2) is 0 Å². The van der Waals surface area contributed by atoms with E-state index in [9.17, 15) is 9.59 Å². The minimum Gasteiger partial charge on any atom is -0.481 e. The number of hydrogen-bond acceptors (Lipinski definition) is 3. The third-order valence-electron chi connectivity index (χ3n) is 3.45. The van der Waals surface area contributed by atoms with Gasteiger partial charge in [0.2, 0.25) is 6.41 Å². The molecule has 2 aromatic carbocycles. The van der Waals surface area contributed by atoms with Gasteiger partial charge in [-0.1, -0.05) is 36.4 Å². The van der Waals surface area contributed by atoms with Crippen LogP contribution in [0.2, 0.25) is 0 Å². The van der Waals surface area contributed by atoms with Crippen LogP contribution < -0.4 is 11.1 Å². The standard InChI is InChI=1S/C17H17N3O3/c18-17(19)13-5-1-4-12(9-13)14-6-2-3-11(7-8-15(22)23)16(14)20-10-21/h1-6,9-10H,7-8H2,(H3,18,19)(H,20,21)(H,22,23). The second-order valence-electron chi connectivity index (χ2n) is 4.99. The van der Waals surface area contributed by atoms with Crippen LogP contribution in [0.1, 0.15) is 17.5 Å². The molecule has 0 aromatic heterocycles. The van der Waals surface area contributed by atoms with E-state index in [-0.39, 0.29) is 12.3 Å². The van der Waals surface area contributed by atoms with Gasteiger partial charge in [0.25, 0.3) is 0 Å². The number of benzene rings is 2. The summed E-state index contributed by atoms with van der Waals surface area (Å²) < 4.78 is 0. The van der Waals surface area contributed by atoms with Crippen LogP contribution in [0.4, 0.5) is 5.69 Å². The Morgan fingerprint density at radius 2 is 2.00 bits per heavy atom. The van der Waals surface area contributed by atoms with Crippen LogP contribution in [0.15, 0.2) is 42.5 Å². The predicted octanol–water partition coefficient (Wildman–Crippen LogP) is 2.22. The Kier molecular flexibility index (Phi) is 5.09. The lowest BCUT2D eigenvalue weighted by Gasteiger charge is -2.14. The highest BCUT2D eigenvalue weighted by Gasteiger charge is 2.12. The average Bonchev–Trinajstić information content (AvgIpc) is 2.54. The number of carbonyl (C=O) groups is 2. The van der Waals surface area contributed by atoms with E-state index in [0.717, 1.165) is 16.7 Å². The third kappa shape index (κ3) is 3.94. The maximum Gasteiger partial charge on any atom is 0.303 e. The summed E-state index contributed by atoms with van der Waals surface area (Å²) in [6.07, 6.45) is 0.855. The van der Waals surface area contributed by atoms with E-state index in [1.165, 1.54) is 0 Å². The molecular weight excluding hydrogens is 294 g/mol. The van der Waals surface area contributed by atoms with Crippen molar-refractivity contribution in [1.82, 2.24) is 0 Å². The van der Waals surface area contributed by atoms with Gasteiger partial charge in [-0.15, -0.1) is 0 Å². The highest BCUT2D eigenvalue weighted by molar-refractivity contribution is 5.97. The molecule has 0 heterocycles. The maximum atomic E-state index is 10.9. The minimum absolute atomic E-state index is 0.0233. The van der Waals surface area contributed by atoms with Crippen molar-refractivity contribution in [3.63, 3.8) is 0 Å². The Labute approximate surface area is 133 Å². The van der Waals surface area contributed by atoms with Crippen LogP contribution in [-0.2, 0) is 16.0 Å². The van der Waals surface area contributed by atoms with Crippen LogP contribution in [-0.4, -0.2) is 23.3 Å². The van der Waals surface area contributed by atoms with Gasteiger partial charge >= 0.3 is 5.97 Å². The molecule has 6 heteroatoms. The Balaban J connectivity index is 2.50. The predicted molar refractivity (Wildman–Crippen MR) is 88.5 cm³/mol. The molecular formula is C17H17N3O3. The number of hydrogen-bond donors (Lipinski definition) is 4. The van der Waals surface area contributed by atoms with Crippen molar-refractivity contribution in [2.75, 3.05) is 5.32 Å². The fraction of sp³-hybridized carbons (Fsp3) is 0.118. The zero-order valence-electron chi connectivity index (χ0n) is 12.4. The summed E-state index contributed by atoms with van der Waals surface area (Å²) in [6.45, 7) is 0. The number of carboxylic acids is 1. The molecule has 0 aliphatic heterocycles. The summed E-state index contributed by atoms with van der Waals surface area (Å²) in [6, 6.07) is 12.5. The van der Waals surface area contributed by atoms with E-state index in [2.05, 4.69) is 5.32 Å². The highest BCUT2D eigenvalue weighted by Crippen LogP contribution is 2.32. The van der Waals surface area contributed by atoms with Gasteiger partial charge in [-0.05, 0) is 23.6 Å². The molecule has 2 aromatic rings. The molecule has 0 aliphatic carbocycles. The summed E-state index contributed by atoms with van der Waals surface area (Å²) in [5, 5.41) is 19.0. The number of aryl methyl sites for hydroxylation is 1. The molecule has 2 rings (SSSR count). The zero-order valence-corrected chi connectivity index (χ0v) is 12.4. The van der Waals surface area contributed by atoms with Crippen LogP contribution in [0, 0.1) is 5.41 Å². The first-order valence-electron chi connectivity index (χ1n) is 7.01. The second kappa shape index (κ2) is 7.22. The van der Waals surface area contributed by atoms with Crippen molar-refractivity contribution >= 4 is 23.9 Å². The molecule has 0 atom stereocenters. The van der Waals surface area contributed by atoms with Crippen LogP contribution in [0.25, 0.3) is 11.1 Å². The maximum absolute atomic E-state index is 10.9. The molecule has 0 saturated heterocycles. The van der Waals surface area contributed by atoms with Crippen molar-refractivity contribution in [3.8, 4) is 11.1 Å². The molecule has 0 spiro atoms. The van der Waals surface area contributed by atoms with E-state index >= 15 is 0 Å². The first-order valence-corrected chi connectivity index (χ1v) is 7.01. The first-order chi connectivity index (χ1) is 11.0.